The summed E-state index contributed by atoms with van der Waals surface area (Å²) in [5.74, 6) is 0. The molecule has 0 aliphatic rings. The summed E-state index contributed by atoms with van der Waals surface area (Å²) < 4.78 is 5.65. The third-order valence-electron chi connectivity index (χ3n) is 0.368. The molecule has 0 N–H and O–H groups in total. The normalized spacial score (nSPS) is 11.6. The molecular formula is C4H6Br2O. The Kier molecular flexibility index (Phi) is 4.99. The fourth-order valence-electron chi connectivity index (χ4n) is 0.169. The van der Waals surface area contributed by atoms with E-state index in [9.17, 15) is 0 Å². The lowest BCUT2D eigenvalue weighted by atomic mass is 10.9. The average molecular weight is 230 g/mol. The molecule has 0 atom stereocenters. The van der Waals surface area contributed by atoms with Gasteiger partial charge in [-0.25, -0.2) is 0 Å². The van der Waals surface area contributed by atoms with Crippen LogP contribution in [0.25, 0.3) is 0 Å². The summed E-state index contributed by atoms with van der Waals surface area (Å²) in [7, 11) is 0. The van der Waals surface area contributed by atoms with Crippen molar-refractivity contribution in [2.24, 2.45) is 0 Å². The van der Waals surface area contributed by atoms with E-state index in [4.69, 9.17) is 4.74 Å². The first-order valence-electron chi connectivity index (χ1n) is 1.90. The standard InChI is InChI=1S/C4H6Br2O/c1-2-7-4(6)3-5/h3H,2H2,1H3/b4-3+. The first-order valence-corrected chi connectivity index (χ1v) is 3.60. The Morgan fingerprint density at radius 1 is 1.86 bits per heavy atom. The maximum Gasteiger partial charge on any atom is 0.168 e. The van der Waals surface area contributed by atoms with Crippen molar-refractivity contribution >= 4 is 31.9 Å². The van der Waals surface area contributed by atoms with Crippen molar-refractivity contribution in [1.82, 2.24) is 0 Å². The van der Waals surface area contributed by atoms with Crippen LogP contribution in [0.2, 0.25) is 0 Å². The van der Waals surface area contributed by atoms with Gasteiger partial charge in [-0.2, -0.15) is 0 Å². The highest BCUT2D eigenvalue weighted by Crippen LogP contribution is 2.07. The molecule has 1 nitrogen and oxygen atoms in total. The predicted molar refractivity (Wildman–Crippen MR) is 37.6 cm³/mol. The van der Waals surface area contributed by atoms with Crippen LogP contribution in [0.5, 0.6) is 0 Å². The second kappa shape index (κ2) is 4.65. The second-order valence-electron chi connectivity index (χ2n) is 0.846. The highest BCUT2D eigenvalue weighted by atomic mass is 79.9. The fraction of sp³-hybridized carbons (Fsp3) is 0.500. The van der Waals surface area contributed by atoms with Gasteiger partial charge >= 0.3 is 0 Å². The van der Waals surface area contributed by atoms with Gasteiger partial charge in [-0.05, 0) is 22.9 Å². The van der Waals surface area contributed by atoms with Gasteiger partial charge in [0.15, 0.2) is 4.67 Å². The Bertz CT molecular complexity index is 70.1. The van der Waals surface area contributed by atoms with Gasteiger partial charge in [-0.3, -0.25) is 0 Å². The molecule has 0 aromatic rings. The van der Waals surface area contributed by atoms with Crippen molar-refractivity contribution in [1.29, 1.82) is 0 Å². The summed E-state index contributed by atoms with van der Waals surface area (Å²) in [5.41, 5.74) is 0. The highest BCUT2D eigenvalue weighted by molar-refractivity contribution is 9.13. The minimum atomic E-state index is 0.697. The summed E-state index contributed by atoms with van der Waals surface area (Å²) in [6.45, 7) is 2.63. The van der Waals surface area contributed by atoms with Gasteiger partial charge in [-0.15, -0.1) is 0 Å². The molecule has 0 aliphatic carbocycles. The van der Waals surface area contributed by atoms with Crippen LogP contribution in [-0.2, 0) is 4.74 Å². The van der Waals surface area contributed by atoms with Crippen molar-refractivity contribution in [3.05, 3.63) is 9.65 Å². The second-order valence-corrected chi connectivity index (χ2v) is 2.09. The van der Waals surface area contributed by atoms with Gasteiger partial charge < -0.3 is 4.74 Å². The van der Waals surface area contributed by atoms with Crippen molar-refractivity contribution < 1.29 is 4.74 Å². The van der Waals surface area contributed by atoms with E-state index in [1.54, 1.807) is 4.99 Å². The number of rotatable bonds is 2. The molecule has 0 bridgehead atoms. The van der Waals surface area contributed by atoms with Gasteiger partial charge in [0.05, 0.1) is 6.61 Å². The molecule has 0 aromatic carbocycles. The topological polar surface area (TPSA) is 9.23 Å². The lowest BCUT2D eigenvalue weighted by molar-refractivity contribution is 0.261. The first kappa shape index (κ1) is 7.50. The van der Waals surface area contributed by atoms with Crippen LogP contribution in [0, 0.1) is 0 Å². The van der Waals surface area contributed by atoms with Gasteiger partial charge in [0, 0.05) is 4.99 Å². The van der Waals surface area contributed by atoms with E-state index in [-0.39, 0.29) is 0 Å². The van der Waals surface area contributed by atoms with E-state index >= 15 is 0 Å². The smallest absolute Gasteiger partial charge is 0.168 e. The van der Waals surface area contributed by atoms with E-state index in [1.165, 1.54) is 0 Å². The van der Waals surface area contributed by atoms with Crippen molar-refractivity contribution in [2.75, 3.05) is 6.61 Å². The summed E-state index contributed by atoms with van der Waals surface area (Å²) in [6, 6.07) is 0. The SMILES string of the molecule is CCO/C(Br)=C/Br. The van der Waals surface area contributed by atoms with Crippen LogP contribution in [0.1, 0.15) is 6.92 Å². The molecule has 0 aliphatic heterocycles. The Morgan fingerprint density at radius 3 is 2.57 bits per heavy atom. The number of ether oxygens (including phenoxy) is 1. The maximum absolute atomic E-state index is 4.92. The Balaban J connectivity index is 3.17. The van der Waals surface area contributed by atoms with Crippen molar-refractivity contribution in [3.63, 3.8) is 0 Å². The molecule has 0 saturated heterocycles. The predicted octanol–water partition coefficient (Wildman–Crippen LogP) is 2.61. The lowest BCUT2D eigenvalue weighted by Crippen LogP contribution is -1.79. The summed E-state index contributed by atoms with van der Waals surface area (Å²) in [5, 5.41) is 0. The molecule has 0 amide bonds. The van der Waals surface area contributed by atoms with Crippen LogP contribution in [0.15, 0.2) is 9.65 Å². The summed E-state index contributed by atoms with van der Waals surface area (Å²) >= 11 is 6.21. The zero-order chi connectivity index (χ0) is 5.70. The molecule has 0 aromatic heterocycles. The Morgan fingerprint density at radius 2 is 2.43 bits per heavy atom. The molecule has 0 saturated carbocycles. The third-order valence-corrected chi connectivity index (χ3v) is 1.86. The zero-order valence-corrected chi connectivity index (χ0v) is 7.12. The average Bonchev–Trinajstić information content (AvgIpc) is 1.68. The third kappa shape index (κ3) is 4.35. The van der Waals surface area contributed by atoms with Crippen LogP contribution >= 0.6 is 31.9 Å². The zero-order valence-electron chi connectivity index (χ0n) is 3.95. The first-order chi connectivity index (χ1) is 3.31. The van der Waals surface area contributed by atoms with Crippen LogP contribution in [-0.4, -0.2) is 6.61 Å². The molecule has 0 radical (unpaired) electrons. The van der Waals surface area contributed by atoms with E-state index in [2.05, 4.69) is 31.9 Å². The van der Waals surface area contributed by atoms with E-state index in [1.807, 2.05) is 6.92 Å². The number of hydrogen-bond donors (Lipinski definition) is 0. The number of hydrogen-bond acceptors (Lipinski definition) is 1. The summed E-state index contributed by atoms with van der Waals surface area (Å²) in [4.78, 5) is 1.68. The molecule has 0 unspecified atom stereocenters. The molecule has 3 heteroatoms. The molecular weight excluding hydrogens is 224 g/mol. The van der Waals surface area contributed by atoms with Gasteiger partial charge in [0.25, 0.3) is 0 Å². The van der Waals surface area contributed by atoms with E-state index < -0.39 is 0 Å². The van der Waals surface area contributed by atoms with Crippen molar-refractivity contribution in [3.8, 4) is 0 Å². The minimum absolute atomic E-state index is 0.697. The molecule has 0 spiro atoms. The highest BCUT2D eigenvalue weighted by Gasteiger charge is 1.81. The largest absolute Gasteiger partial charge is 0.487 e. The molecule has 7 heavy (non-hydrogen) atoms. The van der Waals surface area contributed by atoms with Gasteiger partial charge in [-0.1, -0.05) is 15.9 Å². The Labute approximate surface area is 60.0 Å². The minimum Gasteiger partial charge on any atom is -0.487 e. The lowest BCUT2D eigenvalue weighted by Gasteiger charge is -1.95. The molecule has 0 rings (SSSR count). The van der Waals surface area contributed by atoms with Crippen molar-refractivity contribution in [2.45, 2.75) is 6.92 Å². The monoisotopic (exact) mass is 228 g/mol. The quantitative estimate of drug-likeness (QED) is 0.662. The number of halogens is 2. The van der Waals surface area contributed by atoms with Crippen LogP contribution in [0.3, 0.4) is 0 Å². The van der Waals surface area contributed by atoms with E-state index in [0.717, 1.165) is 4.67 Å². The summed E-state index contributed by atoms with van der Waals surface area (Å²) in [6.07, 6.45) is 0. The fourth-order valence-corrected chi connectivity index (χ4v) is 0.530. The van der Waals surface area contributed by atoms with Gasteiger partial charge in [0.2, 0.25) is 0 Å². The maximum atomic E-state index is 4.92. The molecule has 42 valence electrons. The van der Waals surface area contributed by atoms with Gasteiger partial charge in [0.1, 0.15) is 0 Å². The Hall–Kier alpha value is 0.500. The van der Waals surface area contributed by atoms with Crippen LogP contribution < -0.4 is 0 Å². The molecule has 0 heterocycles. The van der Waals surface area contributed by atoms with E-state index in [0.29, 0.717) is 6.61 Å². The van der Waals surface area contributed by atoms with Crippen LogP contribution in [0.4, 0.5) is 0 Å². The molecule has 0 fully saturated rings.